The maximum Gasteiger partial charge on any atom is 0.307 e. The molecule has 0 aliphatic rings. The fourth-order valence-corrected chi connectivity index (χ4v) is 3.83. The maximum atomic E-state index is 13.6. The largest absolute Gasteiger partial charge is 0.496 e. The van der Waals surface area contributed by atoms with Gasteiger partial charge in [0.25, 0.3) is 5.91 Å². The Labute approximate surface area is 164 Å². The smallest absolute Gasteiger partial charge is 0.307 e. The summed E-state index contributed by atoms with van der Waals surface area (Å²) in [4.78, 5) is 29.1. The van der Waals surface area contributed by atoms with Crippen LogP contribution < -0.4 is 9.54 Å². The van der Waals surface area contributed by atoms with E-state index in [-0.39, 0.29) is 24.8 Å². The number of amides is 1. The van der Waals surface area contributed by atoms with E-state index in [1.165, 1.54) is 30.6 Å². The highest BCUT2D eigenvalue weighted by Gasteiger charge is 2.14. The second-order valence-corrected chi connectivity index (χ2v) is 6.83. The number of ether oxygens (including phenoxy) is 2. The number of hydrogen-bond donors (Lipinski definition) is 0. The van der Waals surface area contributed by atoms with Crippen molar-refractivity contribution in [3.8, 4) is 5.75 Å². The van der Waals surface area contributed by atoms with Gasteiger partial charge in [0.1, 0.15) is 11.6 Å². The van der Waals surface area contributed by atoms with Gasteiger partial charge < -0.3 is 14.0 Å². The predicted octanol–water partition coefficient (Wildman–Crippen LogP) is 3.54. The highest BCUT2D eigenvalue weighted by atomic mass is 32.1. The van der Waals surface area contributed by atoms with Crippen LogP contribution >= 0.6 is 11.3 Å². The Bertz CT molecular complexity index is 1090. The SMILES string of the molecule is CCOC(=O)CCn1c(=NC(=O)c2ccccc2OC)sc2cc(F)ccc21. The van der Waals surface area contributed by atoms with Crippen LogP contribution in [0.3, 0.4) is 0 Å². The minimum absolute atomic E-state index is 0.118. The lowest BCUT2D eigenvalue weighted by molar-refractivity contribution is -0.143. The van der Waals surface area contributed by atoms with E-state index in [1.54, 1.807) is 41.8 Å². The number of rotatable bonds is 6. The number of esters is 1. The summed E-state index contributed by atoms with van der Waals surface area (Å²) in [6.45, 7) is 2.30. The number of aryl methyl sites for hydroxylation is 1. The topological polar surface area (TPSA) is 69.9 Å². The number of halogens is 1. The molecule has 3 aromatic rings. The van der Waals surface area contributed by atoms with E-state index in [0.29, 0.717) is 32.9 Å². The van der Waals surface area contributed by atoms with Gasteiger partial charge in [0.05, 0.1) is 35.9 Å². The monoisotopic (exact) mass is 402 g/mol. The van der Waals surface area contributed by atoms with Crippen LogP contribution in [-0.2, 0) is 16.1 Å². The van der Waals surface area contributed by atoms with Gasteiger partial charge in [0, 0.05) is 6.54 Å². The number of hydrogen-bond acceptors (Lipinski definition) is 5. The number of nitrogens with zero attached hydrogens (tertiary/aromatic N) is 2. The Kier molecular flexibility index (Phi) is 6.20. The molecule has 0 bridgehead atoms. The average Bonchev–Trinajstić information content (AvgIpc) is 3.02. The zero-order valence-electron chi connectivity index (χ0n) is 15.5. The first-order chi connectivity index (χ1) is 13.5. The quantitative estimate of drug-likeness (QED) is 0.592. The minimum Gasteiger partial charge on any atom is -0.496 e. The highest BCUT2D eigenvalue weighted by molar-refractivity contribution is 7.16. The Morgan fingerprint density at radius 3 is 2.75 bits per heavy atom. The van der Waals surface area contributed by atoms with Crippen LogP contribution in [0.4, 0.5) is 4.39 Å². The molecule has 1 heterocycles. The molecule has 0 radical (unpaired) electrons. The van der Waals surface area contributed by atoms with E-state index in [4.69, 9.17) is 9.47 Å². The van der Waals surface area contributed by atoms with Crippen LogP contribution in [0.25, 0.3) is 10.2 Å². The average molecular weight is 402 g/mol. The summed E-state index contributed by atoms with van der Waals surface area (Å²) in [5, 5.41) is 0. The van der Waals surface area contributed by atoms with E-state index in [1.807, 2.05) is 0 Å². The van der Waals surface area contributed by atoms with Crippen molar-refractivity contribution in [3.63, 3.8) is 0 Å². The second-order valence-electron chi connectivity index (χ2n) is 5.82. The third-order valence-electron chi connectivity index (χ3n) is 4.02. The fourth-order valence-electron chi connectivity index (χ4n) is 2.75. The molecule has 146 valence electrons. The number of para-hydroxylation sites is 1. The third kappa shape index (κ3) is 4.28. The van der Waals surface area contributed by atoms with Crippen molar-refractivity contribution in [1.29, 1.82) is 0 Å². The molecule has 0 fully saturated rings. The number of carbonyl (C=O) groups excluding carboxylic acids is 2. The van der Waals surface area contributed by atoms with Crippen molar-refractivity contribution in [2.24, 2.45) is 4.99 Å². The summed E-state index contributed by atoms with van der Waals surface area (Å²) in [6.07, 6.45) is 0.118. The van der Waals surface area contributed by atoms with E-state index in [0.717, 1.165) is 0 Å². The van der Waals surface area contributed by atoms with Gasteiger partial charge in [0.2, 0.25) is 0 Å². The molecule has 1 amide bonds. The molecule has 1 aromatic heterocycles. The van der Waals surface area contributed by atoms with Crippen LogP contribution in [-0.4, -0.2) is 30.2 Å². The molecule has 0 saturated heterocycles. The van der Waals surface area contributed by atoms with Gasteiger partial charge in [-0.05, 0) is 37.3 Å². The molecule has 0 aliphatic heterocycles. The summed E-state index contributed by atoms with van der Waals surface area (Å²) in [6, 6.07) is 11.1. The Balaban J connectivity index is 2.05. The molecular weight excluding hydrogens is 383 g/mol. The van der Waals surface area contributed by atoms with Crippen LogP contribution in [0.2, 0.25) is 0 Å². The van der Waals surface area contributed by atoms with E-state index >= 15 is 0 Å². The molecule has 0 atom stereocenters. The standard InChI is InChI=1S/C20H19FN2O4S/c1-3-27-18(24)10-11-23-15-9-8-13(21)12-17(15)28-20(23)22-19(25)14-6-4-5-7-16(14)26-2/h4-9,12H,3,10-11H2,1-2H3. The van der Waals surface area contributed by atoms with Crippen molar-refractivity contribution in [3.05, 3.63) is 58.6 Å². The van der Waals surface area contributed by atoms with Gasteiger partial charge in [-0.3, -0.25) is 9.59 Å². The van der Waals surface area contributed by atoms with Gasteiger partial charge >= 0.3 is 5.97 Å². The molecule has 0 spiro atoms. The van der Waals surface area contributed by atoms with Crippen LogP contribution in [0.15, 0.2) is 47.5 Å². The number of benzene rings is 2. The van der Waals surface area contributed by atoms with Crippen molar-refractivity contribution in [2.45, 2.75) is 19.9 Å². The van der Waals surface area contributed by atoms with Crippen molar-refractivity contribution in [2.75, 3.05) is 13.7 Å². The number of carbonyl (C=O) groups is 2. The first kappa shape index (κ1) is 19.8. The normalized spacial score (nSPS) is 11.6. The molecule has 6 nitrogen and oxygen atoms in total. The molecule has 28 heavy (non-hydrogen) atoms. The summed E-state index contributed by atoms with van der Waals surface area (Å²) in [5.41, 5.74) is 1.02. The van der Waals surface area contributed by atoms with Gasteiger partial charge in [-0.15, -0.1) is 0 Å². The molecule has 3 rings (SSSR count). The molecule has 8 heteroatoms. The first-order valence-corrected chi connectivity index (χ1v) is 9.51. The lowest BCUT2D eigenvalue weighted by atomic mass is 10.2. The molecule has 0 unspecified atom stereocenters. The lowest BCUT2D eigenvalue weighted by Crippen LogP contribution is -2.19. The second kappa shape index (κ2) is 8.79. The Morgan fingerprint density at radius 2 is 2.00 bits per heavy atom. The summed E-state index contributed by atoms with van der Waals surface area (Å²) >= 11 is 1.18. The molecule has 0 saturated carbocycles. The van der Waals surface area contributed by atoms with Crippen molar-refractivity contribution in [1.82, 2.24) is 4.57 Å². The van der Waals surface area contributed by atoms with E-state index < -0.39 is 5.91 Å². The third-order valence-corrected chi connectivity index (χ3v) is 5.07. The van der Waals surface area contributed by atoms with Crippen LogP contribution in [0.5, 0.6) is 5.75 Å². The van der Waals surface area contributed by atoms with Gasteiger partial charge in [-0.1, -0.05) is 23.5 Å². The van der Waals surface area contributed by atoms with Gasteiger partial charge in [-0.2, -0.15) is 4.99 Å². The number of methoxy groups -OCH3 is 1. The zero-order chi connectivity index (χ0) is 20.1. The molecular formula is C20H19FN2O4S. The lowest BCUT2D eigenvalue weighted by Gasteiger charge is -2.06. The summed E-state index contributed by atoms with van der Waals surface area (Å²) in [7, 11) is 1.48. The van der Waals surface area contributed by atoms with Crippen molar-refractivity contribution >= 4 is 33.4 Å². The van der Waals surface area contributed by atoms with Crippen LogP contribution in [0.1, 0.15) is 23.7 Å². The maximum absolute atomic E-state index is 13.6. The van der Waals surface area contributed by atoms with Crippen molar-refractivity contribution < 1.29 is 23.5 Å². The molecule has 0 aliphatic carbocycles. The van der Waals surface area contributed by atoms with Gasteiger partial charge in [0.15, 0.2) is 4.80 Å². The number of aromatic nitrogens is 1. The predicted molar refractivity (Wildman–Crippen MR) is 104 cm³/mol. The fraction of sp³-hybridized carbons (Fsp3) is 0.250. The minimum atomic E-state index is -0.477. The highest BCUT2D eigenvalue weighted by Crippen LogP contribution is 2.21. The van der Waals surface area contributed by atoms with E-state index in [2.05, 4.69) is 4.99 Å². The van der Waals surface area contributed by atoms with Gasteiger partial charge in [-0.25, -0.2) is 4.39 Å². The summed E-state index contributed by atoms with van der Waals surface area (Å²) < 4.78 is 26.2. The number of fused-ring (bicyclic) bond motifs is 1. The molecule has 2 aromatic carbocycles. The van der Waals surface area contributed by atoms with E-state index in [9.17, 15) is 14.0 Å². The molecule has 0 N–H and O–H groups in total. The van der Waals surface area contributed by atoms with Crippen LogP contribution in [0, 0.1) is 5.82 Å². The zero-order valence-corrected chi connectivity index (χ0v) is 16.3. The number of thiazole rings is 1. The summed E-state index contributed by atoms with van der Waals surface area (Å²) in [5.74, 6) is -0.789. The Hall–Kier alpha value is -3.00. The Morgan fingerprint density at radius 1 is 1.21 bits per heavy atom. The first-order valence-electron chi connectivity index (χ1n) is 8.70.